The SMILES string of the molecule is CCNC(=NCC(=O)Nc1ccc(F)cc1)N1CCSC(CC)C1.I. The van der Waals surface area contributed by atoms with E-state index in [-0.39, 0.29) is 42.2 Å². The third-order valence-electron chi connectivity index (χ3n) is 3.73. The van der Waals surface area contributed by atoms with Gasteiger partial charge in [0.05, 0.1) is 0 Å². The van der Waals surface area contributed by atoms with Crippen LogP contribution in [0.25, 0.3) is 0 Å². The number of carbonyl (C=O) groups is 1. The molecule has 1 aromatic carbocycles. The molecule has 1 aliphatic rings. The number of nitrogens with zero attached hydrogens (tertiary/aromatic N) is 2. The Labute approximate surface area is 170 Å². The number of benzene rings is 1. The van der Waals surface area contributed by atoms with Crippen molar-refractivity contribution in [3.05, 3.63) is 30.1 Å². The van der Waals surface area contributed by atoms with Gasteiger partial charge in [-0.05, 0) is 37.6 Å². The summed E-state index contributed by atoms with van der Waals surface area (Å²) < 4.78 is 12.9. The number of amides is 1. The van der Waals surface area contributed by atoms with Crippen LogP contribution < -0.4 is 10.6 Å². The first kappa shape index (κ1) is 22.0. The molecule has 0 bridgehead atoms. The molecule has 0 radical (unpaired) electrons. The summed E-state index contributed by atoms with van der Waals surface area (Å²) in [6.07, 6.45) is 1.13. The van der Waals surface area contributed by atoms with E-state index >= 15 is 0 Å². The molecule has 8 heteroatoms. The zero-order valence-corrected chi connectivity index (χ0v) is 17.8. The van der Waals surface area contributed by atoms with Crippen LogP contribution in [0.3, 0.4) is 0 Å². The van der Waals surface area contributed by atoms with E-state index in [0.717, 1.165) is 37.8 Å². The van der Waals surface area contributed by atoms with Gasteiger partial charge < -0.3 is 15.5 Å². The van der Waals surface area contributed by atoms with E-state index in [9.17, 15) is 9.18 Å². The van der Waals surface area contributed by atoms with Gasteiger partial charge in [-0.3, -0.25) is 4.79 Å². The normalized spacial score (nSPS) is 17.6. The van der Waals surface area contributed by atoms with Crippen LogP contribution in [-0.2, 0) is 4.79 Å². The Kier molecular flexibility index (Phi) is 10.2. The number of thioether (sulfide) groups is 1. The van der Waals surface area contributed by atoms with E-state index < -0.39 is 0 Å². The number of anilines is 1. The average Bonchev–Trinajstić information content (AvgIpc) is 2.60. The molecular formula is C17H26FIN4OS. The zero-order chi connectivity index (χ0) is 17.4. The number of nitrogens with one attached hydrogen (secondary N) is 2. The van der Waals surface area contributed by atoms with E-state index in [1.54, 1.807) is 0 Å². The molecule has 1 fully saturated rings. The highest BCUT2D eigenvalue weighted by Gasteiger charge is 2.21. The lowest BCUT2D eigenvalue weighted by Crippen LogP contribution is -2.48. The molecular weight excluding hydrogens is 454 g/mol. The highest BCUT2D eigenvalue weighted by molar-refractivity contribution is 14.0. The van der Waals surface area contributed by atoms with Crippen LogP contribution in [0.5, 0.6) is 0 Å². The molecule has 1 saturated heterocycles. The van der Waals surface area contributed by atoms with E-state index in [4.69, 9.17) is 0 Å². The second-order valence-corrected chi connectivity index (χ2v) is 6.98. The van der Waals surface area contributed by atoms with E-state index in [1.165, 1.54) is 24.3 Å². The van der Waals surface area contributed by atoms with Crippen LogP contribution in [0.4, 0.5) is 10.1 Å². The van der Waals surface area contributed by atoms with E-state index in [1.807, 2.05) is 18.7 Å². The zero-order valence-electron chi connectivity index (χ0n) is 14.6. The van der Waals surface area contributed by atoms with Gasteiger partial charge in [0.1, 0.15) is 12.4 Å². The van der Waals surface area contributed by atoms with Crippen molar-refractivity contribution in [2.75, 3.05) is 37.2 Å². The van der Waals surface area contributed by atoms with Crippen LogP contribution in [0.15, 0.2) is 29.3 Å². The Bertz CT molecular complexity index is 570. The summed E-state index contributed by atoms with van der Waals surface area (Å²) in [5.74, 6) is 1.32. The minimum Gasteiger partial charge on any atom is -0.357 e. The number of hydrogen-bond acceptors (Lipinski definition) is 3. The Morgan fingerprint density at radius 2 is 2.08 bits per heavy atom. The first-order chi connectivity index (χ1) is 11.6. The lowest BCUT2D eigenvalue weighted by molar-refractivity contribution is -0.114. The highest BCUT2D eigenvalue weighted by Crippen LogP contribution is 2.21. The minimum absolute atomic E-state index is 0. The van der Waals surface area contributed by atoms with Gasteiger partial charge in [0.15, 0.2) is 5.96 Å². The van der Waals surface area contributed by atoms with Gasteiger partial charge in [0, 0.05) is 36.3 Å². The highest BCUT2D eigenvalue weighted by atomic mass is 127. The lowest BCUT2D eigenvalue weighted by atomic mass is 10.3. The monoisotopic (exact) mass is 480 g/mol. The van der Waals surface area contributed by atoms with Gasteiger partial charge in [-0.25, -0.2) is 9.38 Å². The largest absolute Gasteiger partial charge is 0.357 e. The molecule has 1 aliphatic heterocycles. The maximum atomic E-state index is 12.9. The van der Waals surface area contributed by atoms with Gasteiger partial charge in [0.25, 0.3) is 0 Å². The molecule has 1 atom stereocenters. The molecule has 0 aliphatic carbocycles. The smallest absolute Gasteiger partial charge is 0.246 e. The van der Waals surface area contributed by atoms with Crippen molar-refractivity contribution in [3.8, 4) is 0 Å². The Balaban J connectivity index is 0.00000312. The van der Waals surface area contributed by atoms with Crippen LogP contribution in [0.2, 0.25) is 0 Å². The molecule has 140 valence electrons. The van der Waals surface area contributed by atoms with Crippen LogP contribution >= 0.6 is 35.7 Å². The van der Waals surface area contributed by atoms with Gasteiger partial charge in [-0.15, -0.1) is 24.0 Å². The molecule has 25 heavy (non-hydrogen) atoms. The van der Waals surface area contributed by atoms with E-state index in [0.29, 0.717) is 10.9 Å². The quantitative estimate of drug-likeness (QED) is 0.386. The number of halogens is 2. The van der Waals surface area contributed by atoms with Gasteiger partial charge >= 0.3 is 0 Å². The Morgan fingerprint density at radius 3 is 2.72 bits per heavy atom. The summed E-state index contributed by atoms with van der Waals surface area (Å²) in [5.41, 5.74) is 0.571. The number of guanidine groups is 1. The maximum absolute atomic E-state index is 12.9. The third kappa shape index (κ3) is 7.39. The van der Waals surface area contributed by atoms with Crippen molar-refractivity contribution in [2.24, 2.45) is 4.99 Å². The minimum atomic E-state index is -0.325. The second kappa shape index (κ2) is 11.6. The molecule has 0 spiro atoms. The third-order valence-corrected chi connectivity index (χ3v) is 5.10. The molecule has 2 N–H and O–H groups in total. The molecule has 1 aromatic rings. The summed E-state index contributed by atoms with van der Waals surface area (Å²) in [6.45, 7) is 6.91. The fraction of sp³-hybridized carbons (Fsp3) is 0.529. The molecule has 1 amide bonds. The molecule has 1 unspecified atom stereocenters. The number of hydrogen-bond donors (Lipinski definition) is 2. The van der Waals surface area contributed by atoms with Crippen LogP contribution in [-0.4, -0.2) is 53.9 Å². The van der Waals surface area contributed by atoms with E-state index in [2.05, 4.69) is 27.4 Å². The molecule has 2 rings (SSSR count). The first-order valence-electron chi connectivity index (χ1n) is 8.32. The van der Waals surface area contributed by atoms with Crippen molar-refractivity contribution in [3.63, 3.8) is 0 Å². The number of aliphatic imine (C=N–C) groups is 1. The summed E-state index contributed by atoms with van der Waals surface area (Å²) in [6, 6.07) is 5.71. The topological polar surface area (TPSA) is 56.7 Å². The van der Waals surface area contributed by atoms with Gasteiger partial charge in [-0.1, -0.05) is 6.92 Å². The Hall–Kier alpha value is -1.03. The summed E-state index contributed by atoms with van der Waals surface area (Å²) >= 11 is 2.00. The van der Waals surface area contributed by atoms with Crippen LogP contribution in [0, 0.1) is 5.82 Å². The van der Waals surface area contributed by atoms with Crippen molar-refractivity contribution < 1.29 is 9.18 Å². The van der Waals surface area contributed by atoms with Crippen molar-refractivity contribution >= 4 is 53.3 Å². The predicted octanol–water partition coefficient (Wildman–Crippen LogP) is 3.18. The molecule has 0 saturated carbocycles. The second-order valence-electron chi connectivity index (χ2n) is 5.57. The molecule has 0 aromatic heterocycles. The van der Waals surface area contributed by atoms with Crippen molar-refractivity contribution in [2.45, 2.75) is 25.5 Å². The first-order valence-corrected chi connectivity index (χ1v) is 9.37. The maximum Gasteiger partial charge on any atom is 0.246 e. The number of rotatable bonds is 5. The van der Waals surface area contributed by atoms with Gasteiger partial charge in [0.2, 0.25) is 5.91 Å². The lowest BCUT2D eigenvalue weighted by Gasteiger charge is -2.34. The summed E-state index contributed by atoms with van der Waals surface area (Å²) in [5, 5.41) is 6.59. The summed E-state index contributed by atoms with van der Waals surface area (Å²) in [4.78, 5) is 18.7. The van der Waals surface area contributed by atoms with Crippen LogP contribution in [0.1, 0.15) is 20.3 Å². The van der Waals surface area contributed by atoms with Crippen molar-refractivity contribution in [1.82, 2.24) is 10.2 Å². The molecule has 1 heterocycles. The summed E-state index contributed by atoms with van der Waals surface area (Å²) in [7, 11) is 0. The fourth-order valence-electron chi connectivity index (χ4n) is 2.46. The predicted molar refractivity (Wildman–Crippen MR) is 115 cm³/mol. The average molecular weight is 480 g/mol. The fourth-order valence-corrected chi connectivity index (χ4v) is 3.65. The Morgan fingerprint density at radius 1 is 1.36 bits per heavy atom. The van der Waals surface area contributed by atoms with Gasteiger partial charge in [-0.2, -0.15) is 11.8 Å². The molecule has 5 nitrogen and oxygen atoms in total. The standard InChI is InChI=1S/C17H25FN4OS.HI/c1-3-15-12-22(9-10-24-15)17(19-4-2)20-11-16(23)21-14-7-5-13(18)6-8-14;/h5-8,15H,3-4,9-12H2,1-2H3,(H,19,20)(H,21,23);1H. The van der Waals surface area contributed by atoms with Crippen molar-refractivity contribution in [1.29, 1.82) is 0 Å². The number of carbonyl (C=O) groups excluding carboxylic acids is 1.